The maximum absolute atomic E-state index is 13.3. The molecule has 0 saturated carbocycles. The number of nitrogens with one attached hydrogen (secondary N) is 1. The first-order valence-corrected chi connectivity index (χ1v) is 12.7. The Hall–Kier alpha value is -3.32. The molecule has 0 aliphatic carbocycles. The number of H-pyrrole nitrogens is 1. The highest BCUT2D eigenvalue weighted by Gasteiger charge is 2.33. The van der Waals surface area contributed by atoms with Gasteiger partial charge in [0.05, 0.1) is 17.1 Å². The normalized spacial score (nSPS) is 13.2. The van der Waals surface area contributed by atoms with Gasteiger partial charge in [-0.2, -0.15) is 0 Å². The Kier molecular flexibility index (Phi) is 7.14. The number of pyridine rings is 1. The molecule has 0 amide bonds. The lowest BCUT2D eigenvalue weighted by Gasteiger charge is -2.35. The van der Waals surface area contributed by atoms with Crippen LogP contribution < -0.4 is 5.56 Å². The first-order chi connectivity index (χ1) is 16.9. The molecule has 1 atom stereocenters. The Morgan fingerprint density at radius 3 is 2.31 bits per heavy atom. The van der Waals surface area contributed by atoms with Gasteiger partial charge in [0.25, 0.3) is 5.56 Å². The van der Waals surface area contributed by atoms with E-state index in [1.807, 2.05) is 17.7 Å². The molecule has 1 unspecified atom stereocenters. The maximum Gasteiger partial charge on any atom is 0.252 e. The first kappa shape index (κ1) is 25.8. The van der Waals surface area contributed by atoms with Gasteiger partial charge in [-0.3, -0.25) is 9.69 Å². The minimum Gasteiger partial charge on any atom is -0.321 e. The fraction of sp³-hybridized carbons (Fsp3) is 0.448. The number of aromatic nitrogens is 5. The number of nitrogens with zero attached hydrogens (tertiary/aromatic N) is 5. The van der Waals surface area contributed by atoms with E-state index >= 15 is 0 Å². The number of hydrogen-bond acceptors (Lipinski definition) is 5. The lowest BCUT2D eigenvalue weighted by molar-refractivity contribution is 0.119. The molecule has 1 N–H and O–H groups in total. The van der Waals surface area contributed by atoms with E-state index in [0.29, 0.717) is 13.1 Å². The number of hydrogen-bond donors (Lipinski definition) is 1. The fourth-order valence-electron chi connectivity index (χ4n) is 4.99. The van der Waals surface area contributed by atoms with Gasteiger partial charge in [0.15, 0.2) is 5.82 Å². The van der Waals surface area contributed by atoms with Crippen LogP contribution in [-0.2, 0) is 18.6 Å². The molecule has 7 nitrogen and oxygen atoms in total. The van der Waals surface area contributed by atoms with Gasteiger partial charge < -0.3 is 4.98 Å². The summed E-state index contributed by atoms with van der Waals surface area (Å²) in [7, 11) is 0. The standard InChI is InChI=1S/C29H38N6O/c1-18(2)26(27-31-32-33-35(27)29(6,7)8)34(16-22-11-9-19(3)10-12-22)17-24-15-23-14-20(4)13-21(5)25(23)30-28(24)36/h9-15,18,26H,16-17H2,1-8H3,(H,30,36). The molecule has 0 aliphatic heterocycles. The second-order valence-electron chi connectivity index (χ2n) is 11.4. The molecule has 36 heavy (non-hydrogen) atoms. The molecular weight excluding hydrogens is 448 g/mol. The summed E-state index contributed by atoms with van der Waals surface area (Å²) in [6.07, 6.45) is 0. The van der Waals surface area contributed by atoms with Crippen LogP contribution in [-0.4, -0.2) is 30.1 Å². The Labute approximate surface area is 213 Å². The van der Waals surface area contributed by atoms with Crippen molar-refractivity contribution in [2.75, 3.05) is 0 Å². The molecule has 4 aromatic rings. The summed E-state index contributed by atoms with van der Waals surface area (Å²) in [5, 5.41) is 13.9. The van der Waals surface area contributed by atoms with Crippen LogP contribution in [0.2, 0.25) is 0 Å². The van der Waals surface area contributed by atoms with E-state index in [4.69, 9.17) is 0 Å². The topological polar surface area (TPSA) is 79.7 Å². The second kappa shape index (κ2) is 9.97. The summed E-state index contributed by atoms with van der Waals surface area (Å²) in [6, 6.07) is 14.8. The predicted octanol–water partition coefficient (Wildman–Crippen LogP) is 5.59. The van der Waals surface area contributed by atoms with Gasteiger partial charge >= 0.3 is 0 Å². The van der Waals surface area contributed by atoms with Gasteiger partial charge in [-0.25, -0.2) is 4.68 Å². The molecule has 4 rings (SSSR count). The highest BCUT2D eigenvalue weighted by molar-refractivity contribution is 5.82. The SMILES string of the molecule is Cc1ccc(CN(Cc2cc3cc(C)cc(C)c3[nH]c2=O)C(c2nnnn2C(C)(C)C)C(C)C)cc1. The quantitative estimate of drug-likeness (QED) is 0.368. The van der Waals surface area contributed by atoms with Crippen molar-refractivity contribution in [2.45, 2.75) is 80.1 Å². The lowest BCUT2D eigenvalue weighted by Crippen LogP contribution is -2.37. The third-order valence-electron chi connectivity index (χ3n) is 6.67. The van der Waals surface area contributed by atoms with Gasteiger partial charge in [-0.05, 0) is 86.5 Å². The molecule has 0 aliphatic rings. The average Bonchev–Trinajstić information content (AvgIpc) is 3.26. The maximum atomic E-state index is 13.3. The monoisotopic (exact) mass is 486 g/mol. The number of aromatic amines is 1. The highest BCUT2D eigenvalue weighted by atomic mass is 16.1. The molecule has 7 heteroatoms. The Morgan fingerprint density at radius 1 is 0.972 bits per heavy atom. The van der Waals surface area contributed by atoms with Crippen molar-refractivity contribution in [3.8, 4) is 0 Å². The van der Waals surface area contributed by atoms with E-state index in [0.717, 1.165) is 27.9 Å². The zero-order valence-corrected chi connectivity index (χ0v) is 22.8. The van der Waals surface area contributed by atoms with E-state index in [-0.39, 0.29) is 23.1 Å². The predicted molar refractivity (Wildman–Crippen MR) is 145 cm³/mol. The van der Waals surface area contributed by atoms with E-state index in [2.05, 4.69) is 110 Å². The molecule has 0 radical (unpaired) electrons. The van der Waals surface area contributed by atoms with Crippen LogP contribution in [0.25, 0.3) is 10.9 Å². The number of rotatable bonds is 7. The summed E-state index contributed by atoms with van der Waals surface area (Å²) in [5.74, 6) is 1.03. The zero-order chi connectivity index (χ0) is 26.2. The van der Waals surface area contributed by atoms with Crippen LogP contribution in [0.15, 0.2) is 47.3 Å². The largest absolute Gasteiger partial charge is 0.321 e. The molecule has 0 saturated heterocycles. The molecule has 2 aromatic heterocycles. The van der Waals surface area contributed by atoms with Crippen LogP contribution in [0, 0.1) is 26.7 Å². The first-order valence-electron chi connectivity index (χ1n) is 12.7. The number of tetrazole rings is 1. The average molecular weight is 487 g/mol. The highest BCUT2D eigenvalue weighted by Crippen LogP contribution is 2.32. The van der Waals surface area contributed by atoms with Gasteiger partial charge in [-0.1, -0.05) is 55.3 Å². The van der Waals surface area contributed by atoms with Crippen molar-refractivity contribution in [3.63, 3.8) is 0 Å². The van der Waals surface area contributed by atoms with Crippen LogP contribution >= 0.6 is 0 Å². The van der Waals surface area contributed by atoms with Gasteiger partial charge in [-0.15, -0.1) is 5.10 Å². The van der Waals surface area contributed by atoms with Crippen molar-refractivity contribution < 1.29 is 0 Å². The number of fused-ring (bicyclic) bond motifs is 1. The molecular formula is C29H38N6O. The van der Waals surface area contributed by atoms with Crippen molar-refractivity contribution in [2.24, 2.45) is 5.92 Å². The molecule has 0 fully saturated rings. The van der Waals surface area contributed by atoms with Crippen LogP contribution in [0.1, 0.15) is 74.3 Å². The van der Waals surface area contributed by atoms with Gasteiger partial charge in [0, 0.05) is 18.7 Å². The third kappa shape index (κ3) is 5.41. The minimum atomic E-state index is -0.267. The van der Waals surface area contributed by atoms with Crippen LogP contribution in [0.4, 0.5) is 0 Å². The Morgan fingerprint density at radius 2 is 1.67 bits per heavy atom. The Bertz CT molecular complexity index is 1410. The van der Waals surface area contributed by atoms with Crippen LogP contribution in [0.3, 0.4) is 0 Å². The van der Waals surface area contributed by atoms with E-state index in [1.165, 1.54) is 16.7 Å². The second-order valence-corrected chi connectivity index (χ2v) is 11.4. The van der Waals surface area contributed by atoms with Crippen molar-refractivity contribution >= 4 is 10.9 Å². The number of aryl methyl sites for hydroxylation is 3. The molecule has 190 valence electrons. The molecule has 0 bridgehead atoms. The fourth-order valence-corrected chi connectivity index (χ4v) is 4.99. The van der Waals surface area contributed by atoms with E-state index in [9.17, 15) is 4.79 Å². The van der Waals surface area contributed by atoms with Gasteiger partial charge in [0.2, 0.25) is 0 Å². The van der Waals surface area contributed by atoms with Crippen molar-refractivity contribution in [3.05, 3.63) is 86.5 Å². The summed E-state index contributed by atoms with van der Waals surface area (Å²) < 4.78 is 1.91. The molecule has 2 aromatic carbocycles. The molecule has 2 heterocycles. The van der Waals surface area contributed by atoms with Crippen LogP contribution in [0.5, 0.6) is 0 Å². The summed E-state index contributed by atoms with van der Waals surface area (Å²) in [5.41, 5.74) is 5.98. The summed E-state index contributed by atoms with van der Waals surface area (Å²) in [6.45, 7) is 18.0. The van der Waals surface area contributed by atoms with Gasteiger partial charge in [0.1, 0.15) is 0 Å². The molecule has 0 spiro atoms. The third-order valence-corrected chi connectivity index (χ3v) is 6.67. The zero-order valence-electron chi connectivity index (χ0n) is 22.8. The van der Waals surface area contributed by atoms with Crippen molar-refractivity contribution in [1.82, 2.24) is 30.1 Å². The van der Waals surface area contributed by atoms with E-state index < -0.39 is 0 Å². The summed E-state index contributed by atoms with van der Waals surface area (Å²) in [4.78, 5) is 18.8. The summed E-state index contributed by atoms with van der Waals surface area (Å²) >= 11 is 0. The smallest absolute Gasteiger partial charge is 0.252 e. The van der Waals surface area contributed by atoms with E-state index in [1.54, 1.807) is 0 Å². The van der Waals surface area contributed by atoms with Crippen molar-refractivity contribution in [1.29, 1.82) is 0 Å². The Balaban J connectivity index is 1.83. The minimum absolute atomic E-state index is 0.0544. The number of benzene rings is 2. The lowest BCUT2D eigenvalue weighted by atomic mass is 9.98.